The van der Waals surface area contributed by atoms with Gasteiger partial charge in [0.2, 0.25) is 0 Å². The smallest absolute Gasteiger partial charge is 0.119 e. The lowest BCUT2D eigenvalue weighted by Gasteiger charge is -2.10. The van der Waals surface area contributed by atoms with Crippen molar-refractivity contribution in [2.45, 2.75) is 39.8 Å². The zero-order valence-electron chi connectivity index (χ0n) is 11.6. The first kappa shape index (κ1) is 15.0. The standard InChI is InChI=1S/C15H25NO2/c1-12(2)10-16-11-14-4-6-15(7-5-14)18-9-8-13(3)17/h4-7,12-13,16-17H,8-11H2,1-3H3. The van der Waals surface area contributed by atoms with Crippen LogP contribution >= 0.6 is 0 Å². The summed E-state index contributed by atoms with van der Waals surface area (Å²) in [6, 6.07) is 8.11. The Balaban J connectivity index is 2.28. The van der Waals surface area contributed by atoms with Gasteiger partial charge in [-0.25, -0.2) is 0 Å². The van der Waals surface area contributed by atoms with E-state index in [4.69, 9.17) is 9.84 Å². The summed E-state index contributed by atoms with van der Waals surface area (Å²) in [5.74, 6) is 1.54. The second-order valence-electron chi connectivity index (χ2n) is 5.15. The average Bonchev–Trinajstić information content (AvgIpc) is 2.30. The number of hydrogen-bond acceptors (Lipinski definition) is 3. The Labute approximate surface area is 110 Å². The largest absolute Gasteiger partial charge is 0.493 e. The van der Waals surface area contributed by atoms with Crippen molar-refractivity contribution in [3.05, 3.63) is 29.8 Å². The molecule has 1 atom stereocenters. The highest BCUT2D eigenvalue weighted by Crippen LogP contribution is 2.12. The fourth-order valence-electron chi connectivity index (χ4n) is 1.56. The molecule has 0 aromatic heterocycles. The van der Waals surface area contributed by atoms with Crippen LogP contribution in [0.25, 0.3) is 0 Å². The number of aliphatic hydroxyl groups is 1. The quantitative estimate of drug-likeness (QED) is 0.746. The van der Waals surface area contributed by atoms with Crippen LogP contribution in [-0.2, 0) is 6.54 Å². The SMILES string of the molecule is CC(C)CNCc1ccc(OCCC(C)O)cc1. The van der Waals surface area contributed by atoms with Crippen LogP contribution in [-0.4, -0.2) is 24.4 Å². The highest BCUT2D eigenvalue weighted by atomic mass is 16.5. The molecule has 1 unspecified atom stereocenters. The second-order valence-corrected chi connectivity index (χ2v) is 5.15. The van der Waals surface area contributed by atoms with Crippen molar-refractivity contribution in [1.29, 1.82) is 0 Å². The number of nitrogens with one attached hydrogen (secondary N) is 1. The number of aliphatic hydroxyl groups excluding tert-OH is 1. The third kappa shape index (κ3) is 6.62. The summed E-state index contributed by atoms with van der Waals surface area (Å²) in [5, 5.41) is 12.5. The Hall–Kier alpha value is -1.06. The molecule has 0 bridgehead atoms. The summed E-state index contributed by atoms with van der Waals surface area (Å²) in [6.45, 7) is 8.66. The molecule has 3 heteroatoms. The van der Waals surface area contributed by atoms with Crippen molar-refractivity contribution < 1.29 is 9.84 Å². The number of ether oxygens (including phenoxy) is 1. The third-order valence-corrected chi connectivity index (χ3v) is 2.61. The van der Waals surface area contributed by atoms with Gasteiger partial charge in [-0.1, -0.05) is 26.0 Å². The van der Waals surface area contributed by atoms with Gasteiger partial charge in [-0.2, -0.15) is 0 Å². The van der Waals surface area contributed by atoms with Crippen LogP contribution in [0, 0.1) is 5.92 Å². The van der Waals surface area contributed by atoms with E-state index in [9.17, 15) is 0 Å². The van der Waals surface area contributed by atoms with Gasteiger partial charge in [-0.15, -0.1) is 0 Å². The molecular formula is C15H25NO2. The van der Waals surface area contributed by atoms with Gasteiger partial charge in [-0.3, -0.25) is 0 Å². The van der Waals surface area contributed by atoms with Crippen molar-refractivity contribution in [2.24, 2.45) is 5.92 Å². The molecule has 0 aliphatic carbocycles. The Morgan fingerprint density at radius 2 is 1.83 bits per heavy atom. The molecule has 0 heterocycles. The van der Waals surface area contributed by atoms with Gasteiger partial charge >= 0.3 is 0 Å². The molecule has 0 amide bonds. The molecule has 0 saturated heterocycles. The van der Waals surface area contributed by atoms with E-state index < -0.39 is 0 Å². The highest BCUT2D eigenvalue weighted by molar-refractivity contribution is 5.27. The maximum absolute atomic E-state index is 9.13. The summed E-state index contributed by atoms with van der Waals surface area (Å²) in [7, 11) is 0. The summed E-state index contributed by atoms with van der Waals surface area (Å²) in [4.78, 5) is 0. The first-order valence-electron chi connectivity index (χ1n) is 6.68. The number of rotatable bonds is 8. The molecule has 0 fully saturated rings. The number of benzene rings is 1. The van der Waals surface area contributed by atoms with Crippen LogP contribution in [0.15, 0.2) is 24.3 Å². The van der Waals surface area contributed by atoms with Crippen molar-refractivity contribution in [3.63, 3.8) is 0 Å². The minimum Gasteiger partial charge on any atom is -0.493 e. The van der Waals surface area contributed by atoms with Crippen LogP contribution in [0.3, 0.4) is 0 Å². The molecule has 1 aromatic rings. The van der Waals surface area contributed by atoms with E-state index in [0.29, 0.717) is 18.9 Å². The van der Waals surface area contributed by atoms with E-state index in [1.807, 2.05) is 12.1 Å². The van der Waals surface area contributed by atoms with E-state index in [1.54, 1.807) is 6.92 Å². The van der Waals surface area contributed by atoms with Crippen LogP contribution in [0.4, 0.5) is 0 Å². The maximum atomic E-state index is 9.13. The first-order chi connectivity index (χ1) is 8.58. The molecule has 18 heavy (non-hydrogen) atoms. The van der Waals surface area contributed by atoms with Gasteiger partial charge in [0.15, 0.2) is 0 Å². The Morgan fingerprint density at radius 1 is 1.17 bits per heavy atom. The minimum atomic E-state index is -0.301. The van der Waals surface area contributed by atoms with Crippen LogP contribution in [0.1, 0.15) is 32.8 Å². The topological polar surface area (TPSA) is 41.5 Å². The Kier molecular flexibility index (Phi) is 6.76. The Morgan fingerprint density at radius 3 is 2.39 bits per heavy atom. The third-order valence-electron chi connectivity index (χ3n) is 2.61. The summed E-state index contributed by atoms with van der Waals surface area (Å²) in [5.41, 5.74) is 1.26. The van der Waals surface area contributed by atoms with E-state index >= 15 is 0 Å². The van der Waals surface area contributed by atoms with E-state index in [2.05, 4.69) is 31.3 Å². The highest BCUT2D eigenvalue weighted by Gasteiger charge is 1.99. The molecule has 2 N–H and O–H groups in total. The van der Waals surface area contributed by atoms with E-state index in [0.717, 1.165) is 18.8 Å². The van der Waals surface area contributed by atoms with E-state index in [1.165, 1.54) is 5.56 Å². The fourth-order valence-corrected chi connectivity index (χ4v) is 1.56. The zero-order valence-corrected chi connectivity index (χ0v) is 11.6. The van der Waals surface area contributed by atoms with Gasteiger partial charge in [0.05, 0.1) is 12.7 Å². The normalized spacial score (nSPS) is 12.7. The van der Waals surface area contributed by atoms with Crippen molar-refractivity contribution in [2.75, 3.05) is 13.2 Å². The van der Waals surface area contributed by atoms with Crippen LogP contribution in [0.2, 0.25) is 0 Å². The van der Waals surface area contributed by atoms with Gasteiger partial charge < -0.3 is 15.2 Å². The van der Waals surface area contributed by atoms with Crippen LogP contribution < -0.4 is 10.1 Å². The molecular weight excluding hydrogens is 226 g/mol. The summed E-state index contributed by atoms with van der Waals surface area (Å²) < 4.78 is 5.53. The van der Waals surface area contributed by atoms with Gasteiger partial charge in [-0.05, 0) is 37.1 Å². The predicted molar refractivity (Wildman–Crippen MR) is 74.8 cm³/mol. The molecule has 3 nitrogen and oxygen atoms in total. The average molecular weight is 251 g/mol. The van der Waals surface area contributed by atoms with Gasteiger partial charge in [0.25, 0.3) is 0 Å². The molecule has 0 aliphatic rings. The minimum absolute atomic E-state index is 0.301. The lowest BCUT2D eigenvalue weighted by atomic mass is 10.2. The molecule has 0 aliphatic heterocycles. The summed E-state index contributed by atoms with van der Waals surface area (Å²) in [6.07, 6.45) is 0.363. The monoisotopic (exact) mass is 251 g/mol. The molecule has 0 radical (unpaired) electrons. The molecule has 102 valence electrons. The van der Waals surface area contributed by atoms with Crippen molar-refractivity contribution in [1.82, 2.24) is 5.32 Å². The maximum Gasteiger partial charge on any atom is 0.119 e. The molecule has 1 aromatic carbocycles. The Bertz CT molecular complexity index is 287. The lowest BCUT2D eigenvalue weighted by Crippen LogP contribution is -2.18. The molecule has 0 saturated carbocycles. The van der Waals surface area contributed by atoms with E-state index in [-0.39, 0.29) is 6.10 Å². The van der Waals surface area contributed by atoms with Crippen molar-refractivity contribution in [3.8, 4) is 5.75 Å². The zero-order chi connectivity index (χ0) is 13.4. The van der Waals surface area contributed by atoms with Gasteiger partial charge in [0, 0.05) is 13.0 Å². The fraction of sp³-hybridized carbons (Fsp3) is 0.600. The van der Waals surface area contributed by atoms with Gasteiger partial charge in [0.1, 0.15) is 5.75 Å². The lowest BCUT2D eigenvalue weighted by molar-refractivity contribution is 0.155. The van der Waals surface area contributed by atoms with Crippen molar-refractivity contribution >= 4 is 0 Å². The summed E-state index contributed by atoms with van der Waals surface area (Å²) >= 11 is 0. The first-order valence-corrected chi connectivity index (χ1v) is 6.68. The van der Waals surface area contributed by atoms with Crippen LogP contribution in [0.5, 0.6) is 5.75 Å². The number of hydrogen-bond donors (Lipinski definition) is 2. The molecule has 1 rings (SSSR count). The molecule has 0 spiro atoms. The predicted octanol–water partition coefficient (Wildman–Crippen LogP) is 2.58. The second kappa shape index (κ2) is 8.11.